The third-order valence-electron chi connectivity index (χ3n) is 8.95. The fraction of sp³-hybridized carbons (Fsp3) is 0.500. The highest BCUT2D eigenvalue weighted by atomic mass is 16.7. The first kappa shape index (κ1) is 28.3. The molecule has 2 aromatic carbocycles. The van der Waals surface area contributed by atoms with Crippen LogP contribution in [0.15, 0.2) is 52.0 Å². The maximum atomic E-state index is 13.1. The van der Waals surface area contributed by atoms with Crippen molar-refractivity contribution < 1.29 is 28.3 Å². The smallest absolute Gasteiger partial charge is 0.408 e. The number of ether oxygens (including phenoxy) is 2. The van der Waals surface area contributed by atoms with Crippen molar-refractivity contribution in [3.63, 3.8) is 0 Å². The largest absolute Gasteiger partial charge is 0.487 e. The highest BCUT2D eigenvalue weighted by Crippen LogP contribution is 2.43. The Labute approximate surface area is 246 Å². The van der Waals surface area contributed by atoms with E-state index in [1.165, 1.54) is 30.4 Å². The van der Waals surface area contributed by atoms with E-state index >= 15 is 0 Å². The molecule has 1 amide bonds. The first-order valence-electron chi connectivity index (χ1n) is 15.6. The number of carbonyl (C=O) groups excluding carboxylic acids is 2. The Kier molecular flexibility index (Phi) is 8.49. The number of alkyl carbamates (subject to hydrolysis) is 1. The van der Waals surface area contributed by atoms with E-state index in [4.69, 9.17) is 18.7 Å². The zero-order chi connectivity index (χ0) is 28.9. The van der Waals surface area contributed by atoms with Gasteiger partial charge in [-0.05, 0) is 98.5 Å². The molecule has 3 aliphatic rings. The van der Waals surface area contributed by atoms with Gasteiger partial charge >= 0.3 is 12.1 Å². The summed E-state index contributed by atoms with van der Waals surface area (Å²) in [6, 6.07) is 12.8. The van der Waals surface area contributed by atoms with Crippen molar-refractivity contribution in [1.82, 2.24) is 5.32 Å². The van der Waals surface area contributed by atoms with Crippen LogP contribution in [0.1, 0.15) is 93.4 Å². The molecule has 3 aromatic rings. The van der Waals surface area contributed by atoms with Gasteiger partial charge in [0, 0.05) is 17.0 Å². The summed E-state index contributed by atoms with van der Waals surface area (Å²) in [5, 5.41) is 7.96. The Morgan fingerprint density at radius 2 is 1.76 bits per heavy atom. The maximum Gasteiger partial charge on any atom is 0.408 e. The van der Waals surface area contributed by atoms with Gasteiger partial charge in [-0.15, -0.1) is 0 Å². The second kappa shape index (κ2) is 12.6. The second-order valence-corrected chi connectivity index (χ2v) is 11.9. The highest BCUT2D eigenvalue weighted by Gasteiger charge is 2.38. The fourth-order valence-electron chi connectivity index (χ4n) is 6.68. The summed E-state index contributed by atoms with van der Waals surface area (Å²) in [6.45, 7) is 2.05. The Morgan fingerprint density at radius 3 is 2.55 bits per heavy atom. The second-order valence-electron chi connectivity index (χ2n) is 11.9. The van der Waals surface area contributed by atoms with Gasteiger partial charge in [-0.3, -0.25) is 0 Å². The Balaban J connectivity index is 1.23. The average Bonchev–Trinajstić information content (AvgIpc) is 3.02. The summed E-state index contributed by atoms with van der Waals surface area (Å²) >= 11 is 0. The van der Waals surface area contributed by atoms with Crippen molar-refractivity contribution in [2.45, 2.75) is 109 Å². The summed E-state index contributed by atoms with van der Waals surface area (Å²) in [5.74, 6) is 0.251. The number of nitrogens with one attached hydrogen (secondary N) is 1. The van der Waals surface area contributed by atoms with Crippen LogP contribution in [-0.4, -0.2) is 23.7 Å². The number of rotatable bonds is 7. The lowest BCUT2D eigenvalue weighted by molar-refractivity contribution is -0.147. The van der Waals surface area contributed by atoms with Crippen LogP contribution in [-0.2, 0) is 40.2 Å². The van der Waals surface area contributed by atoms with E-state index in [-0.39, 0.29) is 12.2 Å². The summed E-state index contributed by atoms with van der Waals surface area (Å²) in [4.78, 5) is 30.9. The van der Waals surface area contributed by atoms with Crippen LogP contribution < -0.4 is 15.6 Å². The van der Waals surface area contributed by atoms with E-state index in [1.807, 2.05) is 43.3 Å². The van der Waals surface area contributed by atoms with Gasteiger partial charge in [0.2, 0.25) is 0 Å². The molecule has 222 valence electrons. The van der Waals surface area contributed by atoms with Gasteiger partial charge in [0.15, 0.2) is 0 Å². The number of benzene rings is 2. The zero-order valence-electron chi connectivity index (χ0n) is 24.4. The molecule has 6 rings (SSSR count). The van der Waals surface area contributed by atoms with Crippen LogP contribution in [0, 0.1) is 0 Å². The van der Waals surface area contributed by atoms with E-state index in [0.717, 1.165) is 73.6 Å². The van der Waals surface area contributed by atoms with Gasteiger partial charge in [0.1, 0.15) is 29.6 Å². The number of hydrogen-bond acceptors (Lipinski definition) is 7. The van der Waals surface area contributed by atoms with E-state index in [9.17, 15) is 9.59 Å². The Hall–Kier alpha value is -3.81. The molecule has 1 atom stereocenters. The summed E-state index contributed by atoms with van der Waals surface area (Å²) in [6.07, 6.45) is 12.3. The van der Waals surface area contributed by atoms with E-state index in [0.29, 0.717) is 24.0 Å². The molecule has 1 unspecified atom stereocenters. The van der Waals surface area contributed by atoms with Gasteiger partial charge in [0.05, 0.1) is 0 Å². The van der Waals surface area contributed by atoms with Gasteiger partial charge in [-0.25, -0.2) is 9.59 Å². The highest BCUT2D eigenvalue weighted by molar-refractivity contribution is 5.84. The first-order valence-corrected chi connectivity index (χ1v) is 15.6. The molecule has 1 aromatic heterocycles. The van der Waals surface area contributed by atoms with Gasteiger partial charge < -0.3 is 24.0 Å². The molecule has 42 heavy (non-hydrogen) atoms. The number of aryl methyl sites for hydroxylation is 2. The maximum absolute atomic E-state index is 13.1. The predicted octanol–water partition coefficient (Wildman–Crippen LogP) is 6.79. The summed E-state index contributed by atoms with van der Waals surface area (Å²) < 4.78 is 18.3. The minimum Gasteiger partial charge on any atom is -0.487 e. The molecule has 0 saturated heterocycles. The Morgan fingerprint density at radius 1 is 0.976 bits per heavy atom. The molecular weight excluding hydrogens is 532 g/mol. The lowest BCUT2D eigenvalue weighted by atomic mass is 9.78. The topological polar surface area (TPSA) is 99.4 Å². The number of carbonyl (C=O) groups is 2. The first-order chi connectivity index (χ1) is 20.5. The average molecular weight is 573 g/mol. The van der Waals surface area contributed by atoms with Crippen LogP contribution >= 0.6 is 0 Å². The minimum absolute atomic E-state index is 0.0561. The molecule has 8 heteroatoms. The van der Waals surface area contributed by atoms with E-state index in [1.54, 1.807) is 0 Å². The lowest BCUT2D eigenvalue weighted by Crippen LogP contribution is -2.41. The zero-order valence-corrected chi connectivity index (χ0v) is 24.4. The number of hydrogen-bond donors (Lipinski definition) is 1. The van der Waals surface area contributed by atoms with Gasteiger partial charge in [-0.1, -0.05) is 50.1 Å². The molecule has 1 spiro atoms. The lowest BCUT2D eigenvalue weighted by Gasteiger charge is -2.41. The number of nitrogens with zero attached hydrogens (tertiary/aromatic N) is 1. The molecule has 0 radical (unpaired) electrons. The fourth-order valence-corrected chi connectivity index (χ4v) is 6.68. The monoisotopic (exact) mass is 572 g/mol. The van der Waals surface area contributed by atoms with E-state index < -0.39 is 18.1 Å². The van der Waals surface area contributed by atoms with Gasteiger partial charge in [0.25, 0.3) is 5.55 Å². The molecule has 1 aliphatic heterocycles. The summed E-state index contributed by atoms with van der Waals surface area (Å²) in [5.41, 5.74) is 5.26. The molecule has 1 fully saturated rings. The molecule has 1 saturated carbocycles. The SMILES string of the molecule is CCCC(NC(=O)OCc1ccccc1)C(=O)O/N=c1/oc2cc3c(cc2c2c1CCCC2)CCC1(CCCCC1)O3. The van der Waals surface area contributed by atoms with Crippen molar-refractivity contribution in [3.05, 3.63) is 70.3 Å². The van der Waals surface area contributed by atoms with Crippen molar-refractivity contribution in [2.24, 2.45) is 5.16 Å². The van der Waals surface area contributed by atoms with Crippen molar-refractivity contribution in [1.29, 1.82) is 0 Å². The Bertz CT molecular complexity index is 1510. The van der Waals surface area contributed by atoms with Crippen LogP contribution in [0.2, 0.25) is 0 Å². The van der Waals surface area contributed by atoms with Crippen LogP contribution in [0.3, 0.4) is 0 Å². The molecule has 2 aliphatic carbocycles. The van der Waals surface area contributed by atoms with E-state index in [2.05, 4.69) is 16.5 Å². The van der Waals surface area contributed by atoms with Crippen molar-refractivity contribution in [3.8, 4) is 5.75 Å². The summed E-state index contributed by atoms with van der Waals surface area (Å²) in [7, 11) is 0. The van der Waals surface area contributed by atoms with Crippen LogP contribution in [0.4, 0.5) is 4.79 Å². The predicted molar refractivity (Wildman–Crippen MR) is 158 cm³/mol. The van der Waals surface area contributed by atoms with Gasteiger partial charge in [-0.2, -0.15) is 0 Å². The molecule has 8 nitrogen and oxygen atoms in total. The molecular formula is C34H40N2O6. The third-order valence-corrected chi connectivity index (χ3v) is 8.95. The molecule has 0 bridgehead atoms. The van der Waals surface area contributed by atoms with Crippen molar-refractivity contribution >= 4 is 23.0 Å². The third kappa shape index (κ3) is 6.18. The van der Waals surface area contributed by atoms with Crippen LogP contribution in [0.5, 0.6) is 5.75 Å². The number of fused-ring (bicyclic) bond motifs is 4. The minimum atomic E-state index is -0.884. The quantitative estimate of drug-likeness (QED) is 0.247. The molecule has 2 heterocycles. The normalized spacial score (nSPS) is 18.5. The standard InChI is InChI=1S/C34H40N2O6/c1-2-11-28(35-33(38)39-22-23-12-5-3-6-13-23)32(37)42-36-31-26-15-8-7-14-25(26)27-20-24-16-19-34(17-9-4-10-18-34)41-29(24)21-30(27)40-31/h3,5-6,12-13,20-21,28H,2,4,7-11,14-19,22H2,1H3,(H,35,38)/b36-31+. The number of amides is 1. The van der Waals surface area contributed by atoms with Crippen molar-refractivity contribution in [2.75, 3.05) is 0 Å². The molecule has 1 N–H and O–H groups in total. The van der Waals surface area contributed by atoms with Crippen LogP contribution in [0.25, 0.3) is 11.0 Å².